The molecule has 130 valence electrons. The van der Waals surface area contributed by atoms with Crippen LogP contribution in [-0.2, 0) is 4.79 Å². The predicted molar refractivity (Wildman–Crippen MR) is 95.4 cm³/mol. The molecule has 0 aliphatic carbocycles. The summed E-state index contributed by atoms with van der Waals surface area (Å²) in [6.07, 6.45) is 7.09. The Labute approximate surface area is 149 Å². The van der Waals surface area contributed by atoms with E-state index < -0.39 is 0 Å². The number of aryl methyl sites for hydroxylation is 1. The Morgan fingerprint density at radius 3 is 2.88 bits per heavy atom. The molecule has 0 spiro atoms. The molecule has 0 saturated heterocycles. The fourth-order valence-corrected chi connectivity index (χ4v) is 2.56. The lowest BCUT2D eigenvalue weighted by Crippen LogP contribution is -2.20. The molecule has 0 saturated carbocycles. The largest absolute Gasteiger partial charge is 0.484 e. The van der Waals surface area contributed by atoms with Crippen LogP contribution in [0.5, 0.6) is 5.75 Å². The Hall–Kier alpha value is -3.68. The van der Waals surface area contributed by atoms with Gasteiger partial charge in [0, 0.05) is 12.4 Å². The van der Waals surface area contributed by atoms with Gasteiger partial charge in [0.2, 0.25) is 5.95 Å². The molecule has 3 heterocycles. The minimum absolute atomic E-state index is 0.112. The Balaban J connectivity index is 1.50. The minimum Gasteiger partial charge on any atom is -0.484 e. The van der Waals surface area contributed by atoms with Crippen LogP contribution in [0.3, 0.4) is 0 Å². The van der Waals surface area contributed by atoms with Gasteiger partial charge in [-0.2, -0.15) is 4.98 Å². The van der Waals surface area contributed by atoms with Crippen molar-refractivity contribution >= 4 is 17.5 Å². The lowest BCUT2D eigenvalue weighted by Gasteiger charge is -2.04. The fourth-order valence-electron chi connectivity index (χ4n) is 2.56. The van der Waals surface area contributed by atoms with E-state index in [-0.39, 0.29) is 18.5 Å². The highest BCUT2D eigenvalue weighted by atomic mass is 16.5. The molecule has 3 aromatic heterocycles. The Kier molecular flexibility index (Phi) is 4.06. The number of carbonyl (C=O) groups excluding carboxylic acids is 1. The number of pyridine rings is 1. The summed E-state index contributed by atoms with van der Waals surface area (Å²) in [4.78, 5) is 20.5. The molecule has 4 aromatic rings. The number of hydrogen-bond acceptors (Lipinski definition) is 5. The topological polar surface area (TPSA) is 86.3 Å². The maximum absolute atomic E-state index is 12.1. The summed E-state index contributed by atoms with van der Waals surface area (Å²) >= 11 is 0. The zero-order chi connectivity index (χ0) is 17.9. The third-order valence-electron chi connectivity index (χ3n) is 3.77. The average molecular weight is 348 g/mol. The van der Waals surface area contributed by atoms with Crippen LogP contribution in [0.25, 0.3) is 11.3 Å². The number of ether oxygens (including phenoxy) is 1. The van der Waals surface area contributed by atoms with E-state index in [0.29, 0.717) is 11.4 Å². The molecule has 0 aliphatic rings. The second kappa shape index (κ2) is 6.67. The van der Waals surface area contributed by atoms with E-state index in [2.05, 4.69) is 20.4 Å². The Morgan fingerprint density at radius 1 is 1.27 bits per heavy atom. The van der Waals surface area contributed by atoms with Gasteiger partial charge in [0.15, 0.2) is 12.3 Å². The Bertz CT molecular complexity index is 1040. The number of nitrogens with one attached hydrogen (secondary N) is 1. The van der Waals surface area contributed by atoms with Gasteiger partial charge in [-0.1, -0.05) is 18.2 Å². The number of carbonyl (C=O) groups is 1. The van der Waals surface area contributed by atoms with E-state index in [1.165, 1.54) is 0 Å². The summed E-state index contributed by atoms with van der Waals surface area (Å²) in [7, 11) is 0. The third-order valence-corrected chi connectivity index (χ3v) is 3.77. The van der Waals surface area contributed by atoms with E-state index in [0.717, 1.165) is 11.3 Å². The number of para-hydroxylation sites is 1. The number of amides is 1. The molecule has 0 radical (unpaired) electrons. The smallest absolute Gasteiger partial charge is 0.264 e. The van der Waals surface area contributed by atoms with Crippen molar-refractivity contribution in [2.24, 2.45) is 0 Å². The summed E-state index contributed by atoms with van der Waals surface area (Å²) < 4.78 is 8.93. The summed E-state index contributed by atoms with van der Waals surface area (Å²) in [5.74, 6) is 0.543. The van der Waals surface area contributed by atoms with Crippen LogP contribution < -0.4 is 10.1 Å². The first-order valence-corrected chi connectivity index (χ1v) is 8.02. The highest BCUT2D eigenvalue weighted by Gasteiger charge is 2.11. The molecule has 4 rings (SSSR count). The first-order chi connectivity index (χ1) is 12.7. The van der Waals surface area contributed by atoms with Crippen LogP contribution in [0, 0.1) is 6.92 Å². The normalized spacial score (nSPS) is 10.8. The molecule has 1 amide bonds. The highest BCUT2D eigenvalue weighted by molar-refractivity contribution is 5.90. The van der Waals surface area contributed by atoms with Crippen molar-refractivity contribution in [3.8, 4) is 11.4 Å². The summed E-state index contributed by atoms with van der Waals surface area (Å²) in [5.41, 5.74) is 2.51. The molecular formula is C18H16N6O2. The number of rotatable bonds is 5. The zero-order valence-electron chi connectivity index (χ0n) is 14.0. The van der Waals surface area contributed by atoms with E-state index in [1.54, 1.807) is 29.2 Å². The molecule has 8 nitrogen and oxygen atoms in total. The van der Waals surface area contributed by atoms with Crippen LogP contribution in [0.1, 0.15) is 5.56 Å². The van der Waals surface area contributed by atoms with Gasteiger partial charge < -0.3 is 9.30 Å². The van der Waals surface area contributed by atoms with Crippen molar-refractivity contribution < 1.29 is 9.53 Å². The quantitative estimate of drug-likeness (QED) is 0.598. The minimum atomic E-state index is -0.322. The van der Waals surface area contributed by atoms with Crippen LogP contribution in [0.2, 0.25) is 0 Å². The van der Waals surface area contributed by atoms with E-state index in [4.69, 9.17) is 4.74 Å². The molecule has 0 bridgehead atoms. The third kappa shape index (κ3) is 3.25. The SMILES string of the molecule is Cc1cc(-n2ccnc2)cn2nc(NC(=O)COc3ccccc3)nc12. The van der Waals surface area contributed by atoms with Gasteiger partial charge in [0.05, 0.1) is 18.2 Å². The van der Waals surface area contributed by atoms with Crippen LogP contribution >= 0.6 is 0 Å². The lowest BCUT2D eigenvalue weighted by atomic mass is 10.3. The van der Waals surface area contributed by atoms with Gasteiger partial charge in [0.1, 0.15) is 5.75 Å². The number of imidazole rings is 1. The zero-order valence-corrected chi connectivity index (χ0v) is 14.0. The van der Waals surface area contributed by atoms with Crippen LogP contribution in [-0.4, -0.2) is 36.7 Å². The van der Waals surface area contributed by atoms with Crippen molar-refractivity contribution in [3.63, 3.8) is 0 Å². The van der Waals surface area contributed by atoms with Crippen molar-refractivity contribution in [1.29, 1.82) is 0 Å². The number of nitrogens with zero attached hydrogens (tertiary/aromatic N) is 5. The molecular weight excluding hydrogens is 332 g/mol. The standard InChI is InChI=1S/C18H16N6O2/c1-13-9-14(23-8-7-19-12-23)10-24-17(13)21-18(22-24)20-16(25)11-26-15-5-3-2-4-6-15/h2-10,12H,11H2,1H3,(H,20,22,25). The summed E-state index contributed by atoms with van der Waals surface area (Å²) in [5, 5.41) is 6.98. The maximum atomic E-state index is 12.1. The summed E-state index contributed by atoms with van der Waals surface area (Å²) in [6, 6.07) is 11.1. The second-order valence-electron chi connectivity index (χ2n) is 5.70. The summed E-state index contributed by atoms with van der Waals surface area (Å²) in [6.45, 7) is 1.83. The lowest BCUT2D eigenvalue weighted by molar-refractivity contribution is -0.118. The molecule has 0 atom stereocenters. The molecule has 0 unspecified atom stereocenters. The highest BCUT2D eigenvalue weighted by Crippen LogP contribution is 2.16. The van der Waals surface area contributed by atoms with E-state index >= 15 is 0 Å². The van der Waals surface area contributed by atoms with Crippen molar-refractivity contribution in [2.45, 2.75) is 6.92 Å². The van der Waals surface area contributed by atoms with Gasteiger partial charge in [-0.05, 0) is 30.7 Å². The fraction of sp³-hybridized carbons (Fsp3) is 0.111. The number of anilines is 1. The Morgan fingerprint density at radius 2 is 2.12 bits per heavy atom. The molecule has 8 heteroatoms. The second-order valence-corrected chi connectivity index (χ2v) is 5.70. The maximum Gasteiger partial charge on any atom is 0.264 e. The van der Waals surface area contributed by atoms with Crippen LogP contribution in [0.4, 0.5) is 5.95 Å². The van der Waals surface area contributed by atoms with Crippen molar-refractivity contribution in [1.82, 2.24) is 24.1 Å². The monoisotopic (exact) mass is 348 g/mol. The number of aromatic nitrogens is 5. The van der Waals surface area contributed by atoms with Crippen LogP contribution in [0.15, 0.2) is 61.3 Å². The predicted octanol–water partition coefficient (Wildman–Crippen LogP) is 2.24. The van der Waals surface area contributed by atoms with Gasteiger partial charge >= 0.3 is 0 Å². The van der Waals surface area contributed by atoms with Gasteiger partial charge in [-0.3, -0.25) is 10.1 Å². The van der Waals surface area contributed by atoms with E-state index in [9.17, 15) is 4.79 Å². The van der Waals surface area contributed by atoms with E-state index in [1.807, 2.05) is 48.1 Å². The molecule has 0 fully saturated rings. The average Bonchev–Trinajstić information content (AvgIpc) is 3.30. The van der Waals surface area contributed by atoms with Gasteiger partial charge in [-0.25, -0.2) is 9.50 Å². The first-order valence-electron chi connectivity index (χ1n) is 8.02. The molecule has 0 aliphatic heterocycles. The number of fused-ring (bicyclic) bond motifs is 1. The van der Waals surface area contributed by atoms with Gasteiger partial charge in [0.25, 0.3) is 5.91 Å². The molecule has 26 heavy (non-hydrogen) atoms. The molecule has 1 aromatic carbocycles. The molecule has 1 N–H and O–H groups in total. The van der Waals surface area contributed by atoms with Crippen molar-refractivity contribution in [3.05, 3.63) is 66.9 Å². The first kappa shape index (κ1) is 15.8. The number of hydrogen-bond donors (Lipinski definition) is 1. The number of benzene rings is 1. The van der Waals surface area contributed by atoms with Crippen molar-refractivity contribution in [2.75, 3.05) is 11.9 Å². The van der Waals surface area contributed by atoms with Gasteiger partial charge in [-0.15, -0.1) is 5.10 Å².